The van der Waals surface area contributed by atoms with Crippen LogP contribution >= 0.6 is 0 Å². The number of benzene rings is 2. The number of sulfonamides is 1. The highest BCUT2D eigenvalue weighted by Gasteiger charge is 2.25. The maximum Gasteiger partial charge on any atom is 0.243 e. The van der Waals surface area contributed by atoms with Crippen LogP contribution in [0.2, 0.25) is 0 Å². The van der Waals surface area contributed by atoms with E-state index < -0.39 is 10.0 Å². The number of amides is 1. The fourth-order valence-corrected chi connectivity index (χ4v) is 4.71. The Morgan fingerprint density at radius 3 is 2.28 bits per heavy atom. The van der Waals surface area contributed by atoms with E-state index in [-0.39, 0.29) is 23.9 Å². The number of aryl methyl sites for hydroxylation is 1. The lowest BCUT2D eigenvalue weighted by Gasteiger charge is -2.21. The molecule has 176 valence electrons. The molecule has 0 fully saturated rings. The predicted molar refractivity (Wildman–Crippen MR) is 123 cm³/mol. The van der Waals surface area contributed by atoms with E-state index in [1.165, 1.54) is 6.07 Å². The molecular weight excluding hydrogens is 432 g/mol. The molecule has 0 spiro atoms. The molecule has 32 heavy (non-hydrogen) atoms. The Hall–Kier alpha value is -2.78. The molecule has 0 heterocycles. The molecule has 2 aromatic rings. The van der Waals surface area contributed by atoms with E-state index in [9.17, 15) is 13.2 Å². The van der Waals surface area contributed by atoms with Gasteiger partial charge in [-0.1, -0.05) is 13.0 Å². The van der Waals surface area contributed by atoms with Crippen LogP contribution in [0.3, 0.4) is 0 Å². The van der Waals surface area contributed by atoms with Crippen LogP contribution in [0.15, 0.2) is 41.3 Å². The van der Waals surface area contributed by atoms with Crippen LogP contribution in [-0.2, 0) is 21.2 Å². The van der Waals surface area contributed by atoms with Crippen molar-refractivity contribution in [2.45, 2.75) is 32.1 Å². The molecule has 0 aliphatic rings. The van der Waals surface area contributed by atoms with Crippen LogP contribution in [0, 0.1) is 6.92 Å². The van der Waals surface area contributed by atoms with Gasteiger partial charge in [-0.15, -0.1) is 0 Å². The summed E-state index contributed by atoms with van der Waals surface area (Å²) in [6.07, 6.45) is 0.572. The standard InChI is InChI=1S/C23H32N2O6S/c1-6-25(32(27,28)19-9-11-20(31-7-2)17(3)14-19)16-23(26)24-13-12-18-8-10-21(29-4)22(15-18)30-5/h8-11,14-15H,6-7,12-13,16H2,1-5H3,(H,24,26). The average molecular weight is 465 g/mol. The molecule has 1 amide bonds. The van der Waals surface area contributed by atoms with Gasteiger partial charge in [-0.25, -0.2) is 8.42 Å². The molecule has 1 N–H and O–H groups in total. The minimum atomic E-state index is -3.81. The zero-order valence-corrected chi connectivity index (χ0v) is 20.1. The Morgan fingerprint density at radius 1 is 1.00 bits per heavy atom. The van der Waals surface area contributed by atoms with E-state index in [4.69, 9.17) is 14.2 Å². The molecular formula is C23H32N2O6S. The molecule has 0 unspecified atom stereocenters. The first kappa shape index (κ1) is 25.5. The van der Waals surface area contributed by atoms with E-state index in [1.54, 1.807) is 46.3 Å². The Bertz CT molecular complexity index is 1020. The van der Waals surface area contributed by atoms with Crippen molar-refractivity contribution in [3.05, 3.63) is 47.5 Å². The smallest absolute Gasteiger partial charge is 0.243 e. The second-order valence-corrected chi connectivity index (χ2v) is 9.02. The van der Waals surface area contributed by atoms with Gasteiger partial charge in [0.25, 0.3) is 0 Å². The summed E-state index contributed by atoms with van der Waals surface area (Å²) in [6.45, 7) is 6.16. The van der Waals surface area contributed by atoms with Crippen molar-refractivity contribution >= 4 is 15.9 Å². The number of nitrogens with zero attached hydrogens (tertiary/aromatic N) is 1. The highest BCUT2D eigenvalue weighted by atomic mass is 32.2. The summed E-state index contributed by atoms with van der Waals surface area (Å²) >= 11 is 0. The van der Waals surface area contributed by atoms with Crippen LogP contribution < -0.4 is 19.5 Å². The van der Waals surface area contributed by atoms with Crippen LogP contribution in [0.5, 0.6) is 17.2 Å². The Labute approximate surface area is 190 Å². The summed E-state index contributed by atoms with van der Waals surface area (Å²) in [7, 11) is -0.674. The van der Waals surface area contributed by atoms with Gasteiger partial charge in [0.1, 0.15) is 5.75 Å². The van der Waals surface area contributed by atoms with Gasteiger partial charge in [-0.2, -0.15) is 4.31 Å². The number of nitrogens with one attached hydrogen (secondary N) is 1. The summed E-state index contributed by atoms with van der Waals surface area (Å²) in [4.78, 5) is 12.6. The molecule has 0 atom stereocenters. The van der Waals surface area contributed by atoms with E-state index in [1.807, 2.05) is 19.1 Å². The molecule has 0 aliphatic carbocycles. The third-order valence-corrected chi connectivity index (χ3v) is 6.86. The molecule has 0 aromatic heterocycles. The number of ether oxygens (including phenoxy) is 3. The lowest BCUT2D eigenvalue weighted by molar-refractivity contribution is -0.121. The predicted octanol–water partition coefficient (Wildman–Crippen LogP) is 2.78. The summed E-state index contributed by atoms with van der Waals surface area (Å²) in [5.41, 5.74) is 1.69. The molecule has 2 aromatic carbocycles. The summed E-state index contributed by atoms with van der Waals surface area (Å²) in [5, 5.41) is 2.79. The first-order chi connectivity index (χ1) is 15.3. The maximum atomic E-state index is 13.0. The zero-order valence-electron chi connectivity index (χ0n) is 19.3. The largest absolute Gasteiger partial charge is 0.494 e. The number of likely N-dealkylation sites (N-methyl/N-ethyl adjacent to an activating group) is 1. The Kier molecular flexibility index (Phi) is 9.34. The Balaban J connectivity index is 1.99. The zero-order chi connectivity index (χ0) is 23.7. The summed E-state index contributed by atoms with van der Waals surface area (Å²) in [6, 6.07) is 10.3. The highest BCUT2D eigenvalue weighted by molar-refractivity contribution is 7.89. The fraction of sp³-hybridized carbons (Fsp3) is 0.435. The molecule has 0 radical (unpaired) electrons. The second kappa shape index (κ2) is 11.7. The Morgan fingerprint density at radius 2 is 1.69 bits per heavy atom. The van der Waals surface area contributed by atoms with Gasteiger partial charge in [0.2, 0.25) is 15.9 Å². The van der Waals surface area contributed by atoms with Gasteiger partial charge in [0, 0.05) is 13.1 Å². The molecule has 0 saturated carbocycles. The normalized spacial score (nSPS) is 11.3. The lowest BCUT2D eigenvalue weighted by atomic mass is 10.1. The summed E-state index contributed by atoms with van der Waals surface area (Å²) in [5.74, 6) is 1.53. The third-order valence-electron chi connectivity index (χ3n) is 4.94. The quantitative estimate of drug-likeness (QED) is 0.519. The van der Waals surface area contributed by atoms with Crippen molar-refractivity contribution < 1.29 is 27.4 Å². The molecule has 2 rings (SSSR count). The van der Waals surface area contributed by atoms with Crippen LogP contribution in [0.25, 0.3) is 0 Å². The maximum absolute atomic E-state index is 13.0. The fourth-order valence-electron chi connectivity index (χ4n) is 3.21. The van der Waals surface area contributed by atoms with Gasteiger partial charge in [0.05, 0.1) is 32.3 Å². The first-order valence-electron chi connectivity index (χ1n) is 10.5. The highest BCUT2D eigenvalue weighted by Crippen LogP contribution is 2.27. The monoisotopic (exact) mass is 464 g/mol. The number of carbonyl (C=O) groups is 1. The number of hydrogen-bond donors (Lipinski definition) is 1. The molecule has 0 saturated heterocycles. The van der Waals surface area contributed by atoms with E-state index in [0.29, 0.717) is 36.8 Å². The minimum Gasteiger partial charge on any atom is -0.494 e. The van der Waals surface area contributed by atoms with Crippen molar-refractivity contribution in [2.24, 2.45) is 0 Å². The van der Waals surface area contributed by atoms with E-state index in [0.717, 1.165) is 15.4 Å². The van der Waals surface area contributed by atoms with Crippen LogP contribution in [0.1, 0.15) is 25.0 Å². The van der Waals surface area contributed by atoms with Crippen molar-refractivity contribution in [3.8, 4) is 17.2 Å². The first-order valence-corrected chi connectivity index (χ1v) is 11.9. The number of methoxy groups -OCH3 is 2. The van der Waals surface area contributed by atoms with Crippen molar-refractivity contribution in [1.29, 1.82) is 0 Å². The minimum absolute atomic E-state index is 0.137. The molecule has 8 nitrogen and oxygen atoms in total. The van der Waals surface area contributed by atoms with E-state index in [2.05, 4.69) is 5.32 Å². The van der Waals surface area contributed by atoms with Gasteiger partial charge >= 0.3 is 0 Å². The van der Waals surface area contributed by atoms with Crippen molar-refractivity contribution in [3.63, 3.8) is 0 Å². The number of rotatable bonds is 12. The second-order valence-electron chi connectivity index (χ2n) is 7.08. The molecule has 0 bridgehead atoms. The van der Waals surface area contributed by atoms with Gasteiger partial charge in [0.15, 0.2) is 11.5 Å². The van der Waals surface area contributed by atoms with Crippen molar-refractivity contribution in [1.82, 2.24) is 9.62 Å². The van der Waals surface area contributed by atoms with Crippen molar-refractivity contribution in [2.75, 3.05) is 40.5 Å². The number of hydrogen-bond acceptors (Lipinski definition) is 6. The van der Waals surface area contributed by atoms with Gasteiger partial charge < -0.3 is 19.5 Å². The van der Waals surface area contributed by atoms with Gasteiger partial charge in [-0.3, -0.25) is 4.79 Å². The third kappa shape index (κ3) is 6.37. The molecule has 9 heteroatoms. The summed E-state index contributed by atoms with van der Waals surface area (Å²) < 4.78 is 43.2. The van der Waals surface area contributed by atoms with E-state index >= 15 is 0 Å². The van der Waals surface area contributed by atoms with Gasteiger partial charge in [-0.05, 0) is 61.7 Å². The van der Waals surface area contributed by atoms with Crippen LogP contribution in [0.4, 0.5) is 0 Å². The topological polar surface area (TPSA) is 94.2 Å². The SMILES string of the molecule is CCOc1ccc(S(=O)(=O)N(CC)CC(=O)NCCc2ccc(OC)c(OC)c2)cc1C. The molecule has 0 aliphatic heterocycles. The van der Waals surface area contributed by atoms with Crippen LogP contribution in [-0.4, -0.2) is 59.1 Å². The average Bonchev–Trinajstić information content (AvgIpc) is 2.78. The number of carbonyl (C=O) groups excluding carboxylic acids is 1. The lowest BCUT2D eigenvalue weighted by Crippen LogP contribution is -2.41.